The molecular formula is C21H28N+. The zero-order valence-corrected chi connectivity index (χ0v) is 14.4. The summed E-state index contributed by atoms with van der Waals surface area (Å²) in [5.41, 5.74) is 8.40. The monoisotopic (exact) mass is 294 g/mol. The first kappa shape index (κ1) is 15.3. The van der Waals surface area contributed by atoms with E-state index < -0.39 is 0 Å². The van der Waals surface area contributed by atoms with Crippen LogP contribution < -0.4 is 4.57 Å². The fourth-order valence-electron chi connectivity index (χ4n) is 3.98. The maximum Gasteiger partial charge on any atom is 0.212 e. The van der Waals surface area contributed by atoms with Gasteiger partial charge in [0, 0.05) is 17.2 Å². The van der Waals surface area contributed by atoms with E-state index in [4.69, 9.17) is 0 Å². The second-order valence-corrected chi connectivity index (χ2v) is 7.06. The summed E-state index contributed by atoms with van der Waals surface area (Å²) in [7, 11) is 2.19. The Hall–Kier alpha value is -1.63. The number of hydrogen-bond acceptors (Lipinski definition) is 0. The van der Waals surface area contributed by atoms with Gasteiger partial charge < -0.3 is 0 Å². The van der Waals surface area contributed by atoms with Gasteiger partial charge in [0.15, 0.2) is 6.20 Å². The minimum absolute atomic E-state index is 0.771. The summed E-state index contributed by atoms with van der Waals surface area (Å²) < 4.78 is 2.33. The van der Waals surface area contributed by atoms with Gasteiger partial charge >= 0.3 is 0 Å². The number of aryl methyl sites for hydroxylation is 4. The number of nitrogens with zero attached hydrogens (tertiary/aromatic N) is 1. The van der Waals surface area contributed by atoms with E-state index in [2.05, 4.69) is 62.8 Å². The molecule has 0 radical (unpaired) electrons. The Labute approximate surface area is 135 Å². The quantitative estimate of drug-likeness (QED) is 0.674. The van der Waals surface area contributed by atoms with E-state index in [1.54, 1.807) is 5.56 Å². The highest BCUT2D eigenvalue weighted by Crippen LogP contribution is 2.34. The molecule has 1 aliphatic carbocycles. The van der Waals surface area contributed by atoms with Gasteiger partial charge in [-0.1, -0.05) is 37.0 Å². The number of pyridine rings is 1. The standard InChI is InChI=1S/C21H28N/c1-15-10-11-19(16(2)12-15)21-13-17(3)20(14-22(21)4)18-8-6-5-7-9-18/h10-14,18H,5-9H2,1-4H3/q+1. The minimum Gasteiger partial charge on any atom is -0.201 e. The highest BCUT2D eigenvalue weighted by Gasteiger charge is 2.22. The lowest BCUT2D eigenvalue weighted by Crippen LogP contribution is -2.32. The molecule has 0 atom stereocenters. The third-order valence-corrected chi connectivity index (χ3v) is 5.22. The Morgan fingerprint density at radius 3 is 2.32 bits per heavy atom. The van der Waals surface area contributed by atoms with Crippen molar-refractivity contribution in [2.45, 2.75) is 58.8 Å². The van der Waals surface area contributed by atoms with Crippen molar-refractivity contribution in [2.24, 2.45) is 7.05 Å². The predicted octanol–water partition coefficient (Wildman–Crippen LogP) is 5.15. The molecule has 1 aromatic heterocycles. The molecule has 1 heteroatoms. The van der Waals surface area contributed by atoms with Gasteiger partial charge in [-0.05, 0) is 56.7 Å². The van der Waals surface area contributed by atoms with Crippen LogP contribution in [0.2, 0.25) is 0 Å². The molecule has 0 aliphatic heterocycles. The van der Waals surface area contributed by atoms with Crippen LogP contribution >= 0.6 is 0 Å². The van der Waals surface area contributed by atoms with Crippen molar-refractivity contribution in [3.8, 4) is 11.3 Å². The Morgan fingerprint density at radius 2 is 1.64 bits per heavy atom. The third kappa shape index (κ3) is 2.95. The third-order valence-electron chi connectivity index (χ3n) is 5.22. The second-order valence-electron chi connectivity index (χ2n) is 7.06. The first-order chi connectivity index (χ1) is 10.6. The minimum atomic E-state index is 0.771. The van der Waals surface area contributed by atoms with Crippen LogP contribution in [-0.4, -0.2) is 0 Å². The summed E-state index contributed by atoms with van der Waals surface area (Å²) in [6.45, 7) is 6.66. The fraction of sp³-hybridized carbons (Fsp3) is 0.476. The molecule has 116 valence electrons. The molecule has 0 amide bonds. The number of benzene rings is 1. The van der Waals surface area contributed by atoms with Gasteiger partial charge in [-0.25, -0.2) is 4.57 Å². The molecular weight excluding hydrogens is 266 g/mol. The van der Waals surface area contributed by atoms with Gasteiger partial charge in [-0.2, -0.15) is 0 Å². The maximum atomic E-state index is 2.39. The van der Waals surface area contributed by atoms with Crippen LogP contribution in [0.1, 0.15) is 60.3 Å². The Kier molecular flexibility index (Phi) is 4.33. The van der Waals surface area contributed by atoms with Crippen LogP contribution in [0.25, 0.3) is 11.3 Å². The molecule has 3 rings (SSSR count). The molecule has 0 bridgehead atoms. The van der Waals surface area contributed by atoms with Gasteiger partial charge in [0.2, 0.25) is 5.69 Å². The largest absolute Gasteiger partial charge is 0.212 e. The van der Waals surface area contributed by atoms with Crippen LogP contribution in [0.3, 0.4) is 0 Å². The molecule has 0 unspecified atom stereocenters. The number of rotatable bonds is 2. The van der Waals surface area contributed by atoms with Crippen molar-refractivity contribution in [3.05, 3.63) is 52.7 Å². The molecule has 1 saturated carbocycles. The molecule has 0 saturated heterocycles. The van der Waals surface area contributed by atoms with E-state index in [1.165, 1.54) is 60.1 Å². The summed E-state index contributed by atoms with van der Waals surface area (Å²) in [5.74, 6) is 0.771. The fourth-order valence-corrected chi connectivity index (χ4v) is 3.98. The van der Waals surface area contributed by atoms with Gasteiger partial charge in [0.05, 0.1) is 0 Å². The molecule has 1 aromatic carbocycles. The van der Waals surface area contributed by atoms with E-state index in [1.807, 2.05) is 0 Å². The van der Waals surface area contributed by atoms with Gasteiger partial charge in [-0.3, -0.25) is 0 Å². The summed E-state index contributed by atoms with van der Waals surface area (Å²) in [6, 6.07) is 9.15. The van der Waals surface area contributed by atoms with Gasteiger partial charge in [-0.15, -0.1) is 0 Å². The van der Waals surface area contributed by atoms with E-state index in [9.17, 15) is 0 Å². The lowest BCUT2D eigenvalue weighted by atomic mass is 9.82. The van der Waals surface area contributed by atoms with Crippen molar-refractivity contribution in [2.75, 3.05) is 0 Å². The maximum absolute atomic E-state index is 2.39. The van der Waals surface area contributed by atoms with Crippen molar-refractivity contribution >= 4 is 0 Å². The molecule has 2 aromatic rings. The second kappa shape index (κ2) is 6.24. The van der Waals surface area contributed by atoms with Crippen molar-refractivity contribution in [3.63, 3.8) is 0 Å². The van der Waals surface area contributed by atoms with Gasteiger partial charge in [0.25, 0.3) is 0 Å². The van der Waals surface area contributed by atoms with Crippen LogP contribution in [-0.2, 0) is 7.05 Å². The number of hydrogen-bond donors (Lipinski definition) is 0. The van der Waals surface area contributed by atoms with Crippen LogP contribution in [0.5, 0.6) is 0 Å². The Balaban J connectivity index is 2.02. The van der Waals surface area contributed by atoms with Gasteiger partial charge in [0.1, 0.15) is 7.05 Å². The van der Waals surface area contributed by atoms with Crippen molar-refractivity contribution in [1.29, 1.82) is 0 Å². The Morgan fingerprint density at radius 1 is 0.909 bits per heavy atom. The first-order valence-electron chi connectivity index (χ1n) is 8.64. The highest BCUT2D eigenvalue weighted by atomic mass is 14.9. The first-order valence-corrected chi connectivity index (χ1v) is 8.64. The van der Waals surface area contributed by atoms with Crippen LogP contribution in [0.15, 0.2) is 30.5 Å². The topological polar surface area (TPSA) is 3.88 Å². The predicted molar refractivity (Wildman–Crippen MR) is 93.1 cm³/mol. The average molecular weight is 294 g/mol. The van der Waals surface area contributed by atoms with Crippen molar-refractivity contribution < 1.29 is 4.57 Å². The Bertz CT molecular complexity index is 679. The average Bonchev–Trinajstić information content (AvgIpc) is 2.50. The van der Waals surface area contributed by atoms with Crippen molar-refractivity contribution in [1.82, 2.24) is 0 Å². The van der Waals surface area contributed by atoms with Crippen LogP contribution in [0.4, 0.5) is 0 Å². The van der Waals surface area contributed by atoms with E-state index in [-0.39, 0.29) is 0 Å². The smallest absolute Gasteiger partial charge is 0.201 e. The summed E-state index contributed by atoms with van der Waals surface area (Å²) in [5, 5.41) is 0. The SMILES string of the molecule is Cc1ccc(-c2cc(C)c(C3CCCCC3)c[n+]2C)c(C)c1. The zero-order valence-electron chi connectivity index (χ0n) is 14.4. The molecule has 1 fully saturated rings. The highest BCUT2D eigenvalue weighted by molar-refractivity contribution is 5.62. The zero-order chi connectivity index (χ0) is 15.7. The van der Waals surface area contributed by atoms with E-state index in [0.717, 1.165) is 5.92 Å². The van der Waals surface area contributed by atoms with E-state index in [0.29, 0.717) is 0 Å². The summed E-state index contributed by atoms with van der Waals surface area (Å²) in [4.78, 5) is 0. The van der Waals surface area contributed by atoms with E-state index >= 15 is 0 Å². The summed E-state index contributed by atoms with van der Waals surface area (Å²) >= 11 is 0. The summed E-state index contributed by atoms with van der Waals surface area (Å²) in [6.07, 6.45) is 9.33. The molecule has 1 aliphatic rings. The normalized spacial score (nSPS) is 16.0. The molecule has 1 heterocycles. The lowest BCUT2D eigenvalue weighted by molar-refractivity contribution is -0.661. The molecule has 0 N–H and O–H groups in total. The molecule has 1 nitrogen and oxygen atoms in total. The lowest BCUT2D eigenvalue weighted by Gasteiger charge is -2.22. The molecule has 22 heavy (non-hydrogen) atoms. The van der Waals surface area contributed by atoms with Crippen LogP contribution in [0, 0.1) is 20.8 Å². The molecule has 0 spiro atoms. The number of aromatic nitrogens is 1.